The van der Waals surface area contributed by atoms with Crippen LogP contribution < -0.4 is 27.4 Å². The molecule has 3 aromatic heterocycles. The van der Waals surface area contributed by atoms with Gasteiger partial charge in [0, 0.05) is 13.6 Å². The number of carbonyl (C=O) groups excluding carboxylic acids is 1. The van der Waals surface area contributed by atoms with E-state index in [4.69, 9.17) is 5.73 Å². The van der Waals surface area contributed by atoms with Crippen LogP contribution in [0.5, 0.6) is 0 Å². The highest BCUT2D eigenvalue weighted by Gasteiger charge is 2.25. The zero-order chi connectivity index (χ0) is 25.1. The number of unbranched alkanes of at least 4 members (excludes halogenated alkanes) is 1. The van der Waals surface area contributed by atoms with Crippen LogP contribution >= 0.6 is 0 Å². The first-order valence-electron chi connectivity index (χ1n) is 11.2. The van der Waals surface area contributed by atoms with Crippen molar-refractivity contribution >= 4 is 28.4 Å². The maximum Gasteiger partial charge on any atom is 0.330 e. The number of aromatic nitrogens is 6. The molecule has 0 bridgehead atoms. The molecular weight excluding hydrogens is 452 g/mol. The Hall–Kier alpha value is -4.48. The summed E-state index contributed by atoms with van der Waals surface area (Å²) in [7, 11) is 1.66. The first-order valence-corrected chi connectivity index (χ1v) is 11.2. The largest absolute Gasteiger partial charge is 0.383 e. The number of nitrogens with two attached hydrogens (primary N) is 1. The molecule has 4 rings (SSSR count). The number of nitrogens with one attached hydrogen (secondary N) is 1. The van der Waals surface area contributed by atoms with Gasteiger partial charge < -0.3 is 10.6 Å². The van der Waals surface area contributed by atoms with E-state index in [0.29, 0.717) is 12.1 Å². The molecule has 35 heavy (non-hydrogen) atoms. The predicted octanol–water partition coefficient (Wildman–Crippen LogP) is 0.444. The Bertz CT molecular complexity index is 1550. The fourth-order valence-electron chi connectivity index (χ4n) is 3.85. The van der Waals surface area contributed by atoms with Crippen molar-refractivity contribution in [2.75, 3.05) is 17.2 Å². The molecule has 1 aromatic carbocycles. The number of nitrogens with zero attached hydrogens (tertiary/aromatic N) is 6. The van der Waals surface area contributed by atoms with E-state index in [1.165, 1.54) is 26.7 Å². The van der Waals surface area contributed by atoms with Gasteiger partial charge in [-0.1, -0.05) is 43.7 Å². The van der Waals surface area contributed by atoms with Gasteiger partial charge in [-0.2, -0.15) is 5.10 Å². The smallest absolute Gasteiger partial charge is 0.330 e. The van der Waals surface area contributed by atoms with E-state index in [2.05, 4.69) is 15.1 Å². The van der Waals surface area contributed by atoms with Crippen LogP contribution in [0.15, 0.2) is 57.2 Å². The van der Waals surface area contributed by atoms with Gasteiger partial charge in [0.05, 0.1) is 12.7 Å². The highest BCUT2D eigenvalue weighted by molar-refractivity contribution is 5.95. The molecule has 12 heteroatoms. The van der Waals surface area contributed by atoms with Crippen molar-refractivity contribution in [2.45, 2.75) is 32.9 Å². The number of H-pyrrole nitrogens is 1. The Kier molecular flexibility index (Phi) is 6.62. The minimum atomic E-state index is -0.769. The van der Waals surface area contributed by atoms with Crippen LogP contribution in [0.4, 0.5) is 11.5 Å². The van der Waals surface area contributed by atoms with Gasteiger partial charge >= 0.3 is 5.69 Å². The van der Waals surface area contributed by atoms with Crippen LogP contribution in [-0.2, 0) is 24.9 Å². The average molecular weight is 479 g/mol. The van der Waals surface area contributed by atoms with Gasteiger partial charge in [0.1, 0.15) is 24.1 Å². The minimum absolute atomic E-state index is 0.117. The van der Waals surface area contributed by atoms with Crippen molar-refractivity contribution in [2.24, 2.45) is 7.05 Å². The van der Waals surface area contributed by atoms with Gasteiger partial charge in [-0.05, 0) is 12.0 Å². The lowest BCUT2D eigenvalue weighted by Gasteiger charge is -2.24. The summed E-state index contributed by atoms with van der Waals surface area (Å²) in [5, 5.41) is 4.30. The van der Waals surface area contributed by atoms with Crippen molar-refractivity contribution in [1.82, 2.24) is 28.9 Å². The number of hydrogen-bond acceptors (Lipinski definition) is 7. The Morgan fingerprint density at radius 3 is 2.63 bits per heavy atom. The summed E-state index contributed by atoms with van der Waals surface area (Å²) in [6.45, 7) is 1.88. The van der Waals surface area contributed by atoms with Crippen molar-refractivity contribution < 1.29 is 4.79 Å². The number of benzene rings is 1. The molecular formula is C23H26N8O4. The van der Waals surface area contributed by atoms with Crippen LogP contribution in [0.2, 0.25) is 0 Å². The predicted molar refractivity (Wildman–Crippen MR) is 131 cm³/mol. The maximum absolute atomic E-state index is 13.4. The Balaban J connectivity index is 1.74. The molecule has 0 radical (unpaired) electrons. The second kappa shape index (κ2) is 9.79. The molecule has 1 amide bonds. The first kappa shape index (κ1) is 23.7. The molecule has 182 valence electrons. The summed E-state index contributed by atoms with van der Waals surface area (Å²) in [5.74, 6) is -0.659. The fraction of sp³-hybridized carbons (Fsp3) is 0.304. The molecule has 12 nitrogen and oxygen atoms in total. The fourth-order valence-corrected chi connectivity index (χ4v) is 3.85. The number of carbonyl (C=O) groups is 1. The molecule has 0 unspecified atom stereocenters. The van der Waals surface area contributed by atoms with Gasteiger partial charge in [0.25, 0.3) is 11.1 Å². The quantitative estimate of drug-likeness (QED) is 0.372. The van der Waals surface area contributed by atoms with Crippen LogP contribution in [0.1, 0.15) is 25.3 Å². The van der Waals surface area contributed by atoms with Gasteiger partial charge in [-0.25, -0.2) is 9.78 Å². The van der Waals surface area contributed by atoms with Crippen molar-refractivity contribution in [3.63, 3.8) is 0 Å². The van der Waals surface area contributed by atoms with E-state index in [1.54, 1.807) is 7.05 Å². The van der Waals surface area contributed by atoms with Crippen LogP contribution in [0.3, 0.4) is 0 Å². The monoisotopic (exact) mass is 478 g/mol. The Morgan fingerprint density at radius 2 is 1.91 bits per heavy atom. The maximum atomic E-state index is 13.4. The van der Waals surface area contributed by atoms with Crippen molar-refractivity contribution in [3.8, 4) is 0 Å². The van der Waals surface area contributed by atoms with E-state index in [-0.39, 0.29) is 36.5 Å². The molecule has 0 saturated heterocycles. The second-order valence-electron chi connectivity index (χ2n) is 8.15. The van der Waals surface area contributed by atoms with Gasteiger partial charge in [-0.3, -0.25) is 33.2 Å². The van der Waals surface area contributed by atoms with Gasteiger partial charge in [0.15, 0.2) is 11.3 Å². The molecule has 0 fully saturated rings. The topological polar surface area (TPSA) is 154 Å². The summed E-state index contributed by atoms with van der Waals surface area (Å²) in [6.07, 6.45) is 3.99. The summed E-state index contributed by atoms with van der Waals surface area (Å²) in [4.78, 5) is 59.3. The van der Waals surface area contributed by atoms with E-state index < -0.39 is 22.7 Å². The highest BCUT2D eigenvalue weighted by Crippen LogP contribution is 2.19. The third kappa shape index (κ3) is 4.63. The lowest BCUT2D eigenvalue weighted by atomic mass is 10.2. The van der Waals surface area contributed by atoms with Crippen molar-refractivity contribution in [3.05, 3.63) is 79.6 Å². The average Bonchev–Trinajstić information content (AvgIpc) is 3.22. The molecule has 0 aliphatic carbocycles. The zero-order valence-electron chi connectivity index (χ0n) is 19.5. The van der Waals surface area contributed by atoms with E-state index in [1.807, 2.05) is 37.3 Å². The number of anilines is 2. The number of aryl methyl sites for hydroxylation is 1. The first-order chi connectivity index (χ1) is 16.8. The molecule has 3 heterocycles. The lowest BCUT2D eigenvalue weighted by Crippen LogP contribution is -2.43. The summed E-state index contributed by atoms with van der Waals surface area (Å²) >= 11 is 0. The van der Waals surface area contributed by atoms with E-state index >= 15 is 0 Å². The zero-order valence-corrected chi connectivity index (χ0v) is 19.5. The molecule has 0 saturated carbocycles. The number of aromatic amines is 1. The number of amides is 1. The standard InChI is InChI=1S/C23H26N8O4/c1-3-4-10-30(17(32)13-29-14-25-20-16(22(29)34)11-26-28(20)2)18-19(24)31(23(35)27-21(18)33)12-15-8-6-5-7-9-15/h5-9,11,14H,3-4,10,12-13,24H2,1-2H3,(H,27,33,35). The normalized spacial score (nSPS) is 11.1. The van der Waals surface area contributed by atoms with E-state index in [9.17, 15) is 19.2 Å². The van der Waals surface area contributed by atoms with Gasteiger partial charge in [-0.15, -0.1) is 0 Å². The Morgan fingerprint density at radius 1 is 1.17 bits per heavy atom. The third-order valence-corrected chi connectivity index (χ3v) is 5.73. The molecule has 0 aliphatic heterocycles. The second-order valence-corrected chi connectivity index (χ2v) is 8.15. The Labute approximate surface area is 199 Å². The van der Waals surface area contributed by atoms with E-state index in [0.717, 1.165) is 16.6 Å². The number of rotatable bonds is 8. The molecule has 4 aromatic rings. The van der Waals surface area contributed by atoms with Crippen LogP contribution in [0, 0.1) is 0 Å². The van der Waals surface area contributed by atoms with Gasteiger partial charge in [0.2, 0.25) is 5.91 Å². The SMILES string of the molecule is CCCCN(C(=O)Cn1cnc2c(cnn2C)c1=O)c1c(N)n(Cc2ccccc2)c(=O)[nH]c1=O. The van der Waals surface area contributed by atoms with Crippen molar-refractivity contribution in [1.29, 1.82) is 0 Å². The minimum Gasteiger partial charge on any atom is -0.383 e. The third-order valence-electron chi connectivity index (χ3n) is 5.73. The van der Waals surface area contributed by atoms with Crippen LogP contribution in [0.25, 0.3) is 11.0 Å². The molecule has 3 N–H and O–H groups in total. The molecule has 0 aliphatic rings. The molecule has 0 atom stereocenters. The number of fused-ring (bicyclic) bond motifs is 1. The summed E-state index contributed by atoms with van der Waals surface area (Å²) < 4.78 is 3.84. The number of nitrogen functional groups attached to an aromatic ring is 1. The lowest BCUT2D eigenvalue weighted by molar-refractivity contribution is -0.119. The summed E-state index contributed by atoms with van der Waals surface area (Å²) in [6, 6.07) is 9.14. The highest BCUT2D eigenvalue weighted by atomic mass is 16.2. The summed E-state index contributed by atoms with van der Waals surface area (Å²) in [5.41, 5.74) is 5.50. The number of hydrogen-bond donors (Lipinski definition) is 2. The van der Waals surface area contributed by atoms with Crippen LogP contribution in [-0.4, -0.2) is 41.3 Å². The molecule has 0 spiro atoms.